The van der Waals surface area contributed by atoms with E-state index in [-0.39, 0.29) is 0 Å². The van der Waals surface area contributed by atoms with Crippen LogP contribution in [0.25, 0.3) is 11.6 Å². The first-order chi connectivity index (χ1) is 16.9. The predicted molar refractivity (Wildman–Crippen MR) is 155 cm³/mol. The molecule has 0 fully saturated rings. The minimum absolute atomic E-state index is 0.865. The van der Waals surface area contributed by atoms with Gasteiger partial charge in [-0.05, 0) is 72.6 Å². The maximum Gasteiger partial charge on any atom is 0.0550 e. The molecule has 0 saturated heterocycles. The van der Waals surface area contributed by atoms with Gasteiger partial charge in [-0.25, -0.2) is 0 Å². The zero-order valence-corrected chi connectivity index (χ0v) is 22.5. The maximum atomic E-state index is 6.11. The topological polar surface area (TPSA) is 3.24 Å². The lowest BCUT2D eigenvalue weighted by Crippen LogP contribution is -2.18. The van der Waals surface area contributed by atoms with E-state index in [1.54, 1.807) is 0 Å². The third kappa shape index (κ3) is 4.84. The molecule has 0 bridgehead atoms. The summed E-state index contributed by atoms with van der Waals surface area (Å²) in [5, 5.41) is 0. The van der Waals surface area contributed by atoms with Crippen molar-refractivity contribution in [2.24, 2.45) is 0 Å². The average molecular weight is 478 g/mol. The molecule has 2 aromatic rings. The molecular weight excluding hydrogens is 442 g/mol. The highest BCUT2D eigenvalue weighted by atomic mass is 32.1. The number of aryl methyl sites for hydroxylation is 2. The largest absolute Gasteiger partial charge is 0.346 e. The monoisotopic (exact) mass is 477 g/mol. The lowest BCUT2D eigenvalue weighted by molar-refractivity contribution is 0.531. The summed E-state index contributed by atoms with van der Waals surface area (Å²) in [6.45, 7) is 8.76. The van der Waals surface area contributed by atoms with Crippen molar-refractivity contribution in [3.05, 3.63) is 115 Å². The molecule has 1 nitrogen and oxygen atoms in total. The lowest BCUT2D eigenvalue weighted by atomic mass is 9.90. The standard InChI is InChI=1S/C33H35NS/c1-7-24-19-28-20-25(8-2)29(9-3)23(5)33(35)32(21-27(28)18-22(24)4)34(6)31-17-13-16-30(31)26-14-11-10-12-15-26/h3,10-16,18-19,21,35H,7-8,17,20H2,1-2,4-6H3/b29-25?,32-21-,33-23?. The Morgan fingerprint density at radius 1 is 1.06 bits per heavy atom. The Labute approximate surface area is 217 Å². The van der Waals surface area contributed by atoms with E-state index in [1.807, 2.05) is 0 Å². The Balaban J connectivity index is 1.97. The summed E-state index contributed by atoms with van der Waals surface area (Å²) < 4.78 is 0. The lowest BCUT2D eigenvalue weighted by Gasteiger charge is -2.27. The van der Waals surface area contributed by atoms with E-state index in [2.05, 4.69) is 106 Å². The van der Waals surface area contributed by atoms with Gasteiger partial charge in [-0.3, -0.25) is 0 Å². The van der Waals surface area contributed by atoms with E-state index < -0.39 is 0 Å². The van der Waals surface area contributed by atoms with E-state index in [9.17, 15) is 0 Å². The normalized spacial score (nSPS) is 17.5. The first-order valence-electron chi connectivity index (χ1n) is 12.5. The molecule has 178 valence electrons. The van der Waals surface area contributed by atoms with Gasteiger partial charge in [0.05, 0.1) is 5.70 Å². The molecule has 2 heteroatoms. The van der Waals surface area contributed by atoms with Gasteiger partial charge in [-0.1, -0.05) is 80.0 Å². The fourth-order valence-corrected chi connectivity index (χ4v) is 5.54. The van der Waals surface area contributed by atoms with Crippen LogP contribution in [0, 0.1) is 19.3 Å². The van der Waals surface area contributed by atoms with Crippen molar-refractivity contribution in [1.82, 2.24) is 4.90 Å². The summed E-state index contributed by atoms with van der Waals surface area (Å²) in [4.78, 5) is 3.25. The number of thiol groups is 1. The van der Waals surface area contributed by atoms with Crippen LogP contribution in [0.5, 0.6) is 0 Å². The minimum atomic E-state index is 0.865. The molecule has 0 spiro atoms. The quantitative estimate of drug-likeness (QED) is 0.335. The van der Waals surface area contributed by atoms with Crippen molar-refractivity contribution in [1.29, 1.82) is 0 Å². The molecule has 0 atom stereocenters. The molecule has 0 heterocycles. The number of benzene rings is 2. The highest BCUT2D eigenvalue weighted by Gasteiger charge is 2.23. The molecular formula is C33H35NS. The number of likely N-dealkylation sites (N-methyl/N-ethyl adjacent to an activating group) is 1. The van der Waals surface area contributed by atoms with Gasteiger partial charge < -0.3 is 4.90 Å². The van der Waals surface area contributed by atoms with Crippen molar-refractivity contribution in [3.8, 4) is 12.3 Å². The molecule has 0 unspecified atom stereocenters. The van der Waals surface area contributed by atoms with Crippen molar-refractivity contribution >= 4 is 24.3 Å². The number of terminal acetylenes is 1. The van der Waals surface area contributed by atoms with E-state index >= 15 is 0 Å². The molecule has 35 heavy (non-hydrogen) atoms. The molecule has 0 saturated carbocycles. The van der Waals surface area contributed by atoms with Crippen LogP contribution in [-0.4, -0.2) is 11.9 Å². The summed E-state index contributed by atoms with van der Waals surface area (Å²) >= 11 is 5.11. The summed E-state index contributed by atoms with van der Waals surface area (Å²) in [5.41, 5.74) is 13.5. The summed E-state index contributed by atoms with van der Waals surface area (Å²) in [6, 6.07) is 15.3. The summed E-state index contributed by atoms with van der Waals surface area (Å²) in [7, 11) is 2.16. The smallest absolute Gasteiger partial charge is 0.0550 e. The highest BCUT2D eigenvalue weighted by Crippen LogP contribution is 2.38. The van der Waals surface area contributed by atoms with Crippen molar-refractivity contribution in [2.75, 3.05) is 7.05 Å². The number of nitrogens with zero attached hydrogens (tertiary/aromatic N) is 1. The van der Waals surface area contributed by atoms with Crippen molar-refractivity contribution in [2.45, 2.75) is 53.4 Å². The fourth-order valence-electron chi connectivity index (χ4n) is 5.21. The van der Waals surface area contributed by atoms with Crippen molar-refractivity contribution < 1.29 is 0 Å². The van der Waals surface area contributed by atoms with Crippen LogP contribution >= 0.6 is 12.6 Å². The van der Waals surface area contributed by atoms with Crippen LogP contribution < -0.4 is 0 Å². The van der Waals surface area contributed by atoms with Gasteiger partial charge in [0.25, 0.3) is 0 Å². The molecule has 0 radical (unpaired) electrons. The van der Waals surface area contributed by atoms with Crippen LogP contribution in [0.1, 0.15) is 61.4 Å². The summed E-state index contributed by atoms with van der Waals surface area (Å²) in [6.07, 6.45) is 16.6. The molecule has 0 aliphatic heterocycles. The average Bonchev–Trinajstić information content (AvgIpc) is 3.38. The van der Waals surface area contributed by atoms with Crippen LogP contribution in [0.2, 0.25) is 0 Å². The van der Waals surface area contributed by atoms with Gasteiger partial charge in [0.2, 0.25) is 0 Å². The fraction of sp³-hybridized carbons (Fsp3) is 0.273. The number of fused-ring (bicyclic) bond motifs is 1. The number of hydrogen-bond donors (Lipinski definition) is 1. The molecule has 0 amide bonds. The third-order valence-corrected chi connectivity index (χ3v) is 7.89. The Morgan fingerprint density at radius 3 is 2.46 bits per heavy atom. The maximum absolute atomic E-state index is 6.11. The Kier molecular flexibility index (Phi) is 7.58. The second-order valence-corrected chi connectivity index (χ2v) is 9.83. The SMILES string of the molecule is C#CC1=C(CC)Cc2cc(CC)c(C)cc2/C=C(\N(C)C2=C(c3ccccc3)C=CC2)C(S)=C1C. The predicted octanol–water partition coefficient (Wildman–Crippen LogP) is 8.30. The number of allylic oxidation sites excluding steroid dienone is 6. The van der Waals surface area contributed by atoms with Gasteiger partial charge in [0.1, 0.15) is 0 Å². The Bertz CT molecular complexity index is 1340. The molecule has 0 N–H and O–H groups in total. The van der Waals surface area contributed by atoms with Gasteiger partial charge in [0, 0.05) is 35.2 Å². The van der Waals surface area contributed by atoms with Crippen molar-refractivity contribution in [3.63, 3.8) is 0 Å². The second-order valence-electron chi connectivity index (χ2n) is 9.38. The van der Waals surface area contributed by atoms with Crippen LogP contribution in [-0.2, 0) is 12.8 Å². The van der Waals surface area contributed by atoms with E-state index in [4.69, 9.17) is 19.1 Å². The van der Waals surface area contributed by atoms with Gasteiger partial charge in [-0.2, -0.15) is 0 Å². The minimum Gasteiger partial charge on any atom is -0.346 e. The van der Waals surface area contributed by atoms with E-state index in [0.29, 0.717) is 0 Å². The zero-order valence-electron chi connectivity index (χ0n) is 21.6. The molecule has 2 aliphatic carbocycles. The number of hydrogen-bond acceptors (Lipinski definition) is 2. The summed E-state index contributed by atoms with van der Waals surface area (Å²) in [5.74, 6) is 3.02. The highest BCUT2D eigenvalue weighted by molar-refractivity contribution is 7.84. The first-order valence-corrected chi connectivity index (χ1v) is 13.0. The van der Waals surface area contributed by atoms with E-state index in [1.165, 1.54) is 44.7 Å². The van der Waals surface area contributed by atoms with Crippen LogP contribution in [0.3, 0.4) is 0 Å². The van der Waals surface area contributed by atoms with Gasteiger partial charge in [0.15, 0.2) is 0 Å². The molecule has 4 rings (SSSR count). The Hall–Kier alpha value is -3.15. The second kappa shape index (κ2) is 10.6. The number of rotatable bonds is 5. The first kappa shape index (κ1) is 25.0. The van der Waals surface area contributed by atoms with Gasteiger partial charge in [-0.15, -0.1) is 19.1 Å². The molecule has 2 aliphatic rings. The van der Waals surface area contributed by atoms with Crippen LogP contribution in [0.15, 0.2) is 87.6 Å². The zero-order chi connectivity index (χ0) is 25.1. The van der Waals surface area contributed by atoms with Crippen LogP contribution in [0.4, 0.5) is 0 Å². The molecule has 2 aromatic carbocycles. The van der Waals surface area contributed by atoms with E-state index in [0.717, 1.165) is 47.4 Å². The van der Waals surface area contributed by atoms with Gasteiger partial charge >= 0.3 is 0 Å². The molecule has 0 aromatic heterocycles. The third-order valence-electron chi connectivity index (χ3n) is 7.33. The Morgan fingerprint density at radius 2 is 1.80 bits per heavy atom.